The number of unbranched alkanes of at least 4 members (excludes halogenated alkanes) is 5. The summed E-state index contributed by atoms with van der Waals surface area (Å²) in [6.07, 6.45) is 5.64. The van der Waals surface area contributed by atoms with Gasteiger partial charge in [-0.1, -0.05) is 39.0 Å². The maximum Gasteiger partial charge on any atom is 1.00 e. The van der Waals surface area contributed by atoms with Crippen LogP contribution in [0.4, 0.5) is 0 Å². The number of rotatable bonds is 11. The Bertz CT molecular complexity index is 269. The van der Waals surface area contributed by atoms with Crippen LogP contribution in [0.1, 0.15) is 45.4 Å². The van der Waals surface area contributed by atoms with Crippen molar-refractivity contribution < 1.29 is 52.4 Å². The van der Waals surface area contributed by atoms with E-state index in [4.69, 9.17) is 9.84 Å². The maximum absolute atomic E-state index is 10.3. The van der Waals surface area contributed by atoms with Gasteiger partial charge in [-0.05, 0) is 6.42 Å². The van der Waals surface area contributed by atoms with Gasteiger partial charge in [0, 0.05) is 6.61 Å². The van der Waals surface area contributed by atoms with Crippen LogP contribution in [0.15, 0.2) is 0 Å². The van der Waals surface area contributed by atoms with Crippen LogP contribution in [0, 0.1) is 0 Å². The first-order valence-electron chi connectivity index (χ1n) is 6.15. The molecule has 0 aliphatic rings. The summed E-state index contributed by atoms with van der Waals surface area (Å²) in [7, 11) is -4.36. The Morgan fingerprint density at radius 3 is 2.28 bits per heavy atom. The molecule has 0 amide bonds. The van der Waals surface area contributed by atoms with Gasteiger partial charge in [-0.3, -0.25) is 0 Å². The van der Waals surface area contributed by atoms with E-state index in [1.165, 1.54) is 25.7 Å². The molecule has 0 saturated carbocycles. The van der Waals surface area contributed by atoms with E-state index in [0.29, 0.717) is 6.61 Å². The van der Waals surface area contributed by atoms with Gasteiger partial charge in [-0.25, -0.2) is 8.42 Å². The van der Waals surface area contributed by atoms with Crippen LogP contribution >= 0.6 is 0 Å². The zero-order chi connectivity index (χ0) is 13.1. The van der Waals surface area contributed by atoms with E-state index in [-0.39, 0.29) is 36.2 Å². The summed E-state index contributed by atoms with van der Waals surface area (Å²) >= 11 is 0. The minimum Gasteiger partial charge on any atom is -0.748 e. The molecule has 1 N–H and O–H groups in total. The first-order valence-corrected chi connectivity index (χ1v) is 7.73. The number of aliphatic hydroxyl groups excluding tert-OH is 1. The molecule has 0 aromatic carbocycles. The first kappa shape index (κ1) is 21.1. The molecule has 0 aliphatic heterocycles. The van der Waals surface area contributed by atoms with E-state index in [1.54, 1.807) is 0 Å². The molecule has 0 saturated heterocycles. The molecule has 0 aliphatic carbocycles. The van der Waals surface area contributed by atoms with Gasteiger partial charge in [-0.15, -0.1) is 0 Å². The molecule has 0 aromatic heterocycles. The third-order valence-corrected chi connectivity index (χ3v) is 3.14. The molecular weight excluding hydrogens is 267 g/mol. The molecule has 0 rings (SSSR count). The van der Waals surface area contributed by atoms with Gasteiger partial charge >= 0.3 is 29.6 Å². The van der Waals surface area contributed by atoms with E-state index < -0.39 is 22.0 Å². The van der Waals surface area contributed by atoms with Crippen molar-refractivity contribution in [2.24, 2.45) is 0 Å². The quantitative estimate of drug-likeness (QED) is 0.278. The van der Waals surface area contributed by atoms with Gasteiger partial charge in [-0.2, -0.15) is 0 Å². The minimum absolute atomic E-state index is 0. The Morgan fingerprint density at radius 1 is 1.17 bits per heavy atom. The zero-order valence-electron chi connectivity index (χ0n) is 11.4. The van der Waals surface area contributed by atoms with E-state index in [9.17, 15) is 13.0 Å². The number of aliphatic hydroxyl groups is 1. The van der Waals surface area contributed by atoms with Crippen molar-refractivity contribution in [2.75, 3.05) is 19.0 Å². The predicted octanol–water partition coefficient (Wildman–Crippen LogP) is -1.73. The predicted molar refractivity (Wildman–Crippen MR) is 64.8 cm³/mol. The van der Waals surface area contributed by atoms with E-state index in [1.807, 2.05) is 0 Å². The number of ether oxygens (including phenoxy) is 1. The Balaban J connectivity index is 0. The van der Waals surface area contributed by atoms with Gasteiger partial charge in [0.05, 0.1) is 28.6 Å². The fraction of sp³-hybridized carbons (Fsp3) is 1.00. The third-order valence-electron chi connectivity index (χ3n) is 2.35. The Morgan fingerprint density at radius 2 is 1.72 bits per heavy atom. The number of hydrogen-bond donors (Lipinski definition) is 1. The van der Waals surface area contributed by atoms with Gasteiger partial charge in [0.15, 0.2) is 0 Å². The fourth-order valence-electron chi connectivity index (χ4n) is 1.49. The second kappa shape index (κ2) is 12.8. The Hall–Kier alpha value is 0.830. The van der Waals surface area contributed by atoms with Gasteiger partial charge < -0.3 is 14.4 Å². The van der Waals surface area contributed by atoms with Crippen molar-refractivity contribution in [3.63, 3.8) is 0 Å². The summed E-state index contributed by atoms with van der Waals surface area (Å²) in [5.41, 5.74) is 0. The van der Waals surface area contributed by atoms with Crippen molar-refractivity contribution in [1.29, 1.82) is 0 Å². The Labute approximate surface area is 132 Å². The molecule has 0 radical (unpaired) electrons. The van der Waals surface area contributed by atoms with E-state index in [0.717, 1.165) is 12.8 Å². The van der Waals surface area contributed by atoms with Crippen LogP contribution in [-0.2, 0) is 14.9 Å². The smallest absolute Gasteiger partial charge is 0.748 e. The maximum atomic E-state index is 10.3. The molecule has 0 bridgehead atoms. The summed E-state index contributed by atoms with van der Waals surface area (Å²) in [6.45, 7) is 2.58. The number of hydrogen-bond acceptors (Lipinski definition) is 5. The normalized spacial score (nSPS) is 13.1. The van der Waals surface area contributed by atoms with Gasteiger partial charge in [0.25, 0.3) is 0 Å². The monoisotopic (exact) mass is 290 g/mol. The van der Waals surface area contributed by atoms with Crippen molar-refractivity contribution in [1.82, 2.24) is 0 Å². The molecule has 0 heterocycles. The van der Waals surface area contributed by atoms with Crippen LogP contribution in [0.3, 0.4) is 0 Å². The molecule has 0 fully saturated rings. The molecule has 104 valence electrons. The van der Waals surface area contributed by atoms with E-state index >= 15 is 0 Å². The summed E-state index contributed by atoms with van der Waals surface area (Å²) in [6, 6.07) is 0. The zero-order valence-corrected chi connectivity index (χ0v) is 14.2. The van der Waals surface area contributed by atoms with Crippen LogP contribution in [0.25, 0.3) is 0 Å². The Kier molecular flexibility index (Phi) is 15.1. The average Bonchev–Trinajstić information content (AvgIpc) is 2.19. The SMILES string of the molecule is CCCCCCCCOCC(O)CS(=O)(=O)[O-].[Na+]. The molecule has 0 aromatic rings. The van der Waals surface area contributed by atoms with Gasteiger partial charge in [0.1, 0.15) is 0 Å². The first-order chi connectivity index (χ1) is 7.95. The summed E-state index contributed by atoms with van der Waals surface area (Å²) < 4.78 is 36.0. The van der Waals surface area contributed by atoms with Crippen molar-refractivity contribution >= 4 is 10.1 Å². The van der Waals surface area contributed by atoms with Crippen LogP contribution in [0.2, 0.25) is 0 Å². The third kappa shape index (κ3) is 16.8. The standard InChI is InChI=1S/C11H24O5S.Na/c1-2-3-4-5-6-7-8-16-9-11(12)10-17(13,14)15;/h11-12H,2-10H2,1H3,(H,13,14,15);/q;+1/p-1. The van der Waals surface area contributed by atoms with Gasteiger partial charge in [0.2, 0.25) is 0 Å². The molecule has 1 unspecified atom stereocenters. The topological polar surface area (TPSA) is 86.7 Å². The molecule has 5 nitrogen and oxygen atoms in total. The van der Waals surface area contributed by atoms with Crippen molar-refractivity contribution in [3.05, 3.63) is 0 Å². The second-order valence-electron chi connectivity index (χ2n) is 4.22. The summed E-state index contributed by atoms with van der Waals surface area (Å²) in [5, 5.41) is 9.15. The molecular formula is C11H23NaO5S. The van der Waals surface area contributed by atoms with Crippen molar-refractivity contribution in [3.8, 4) is 0 Å². The molecule has 18 heavy (non-hydrogen) atoms. The molecule has 0 spiro atoms. The summed E-state index contributed by atoms with van der Waals surface area (Å²) in [4.78, 5) is 0. The van der Waals surface area contributed by atoms with Crippen molar-refractivity contribution in [2.45, 2.75) is 51.6 Å². The largest absolute Gasteiger partial charge is 1.00 e. The second-order valence-corrected chi connectivity index (χ2v) is 5.67. The van der Waals surface area contributed by atoms with E-state index in [2.05, 4.69) is 6.92 Å². The summed E-state index contributed by atoms with van der Waals surface area (Å²) in [5.74, 6) is -0.774. The molecule has 1 atom stereocenters. The minimum atomic E-state index is -4.36. The van der Waals surface area contributed by atoms with Crippen LogP contribution in [-0.4, -0.2) is 43.1 Å². The fourth-order valence-corrected chi connectivity index (χ4v) is 2.06. The van der Waals surface area contributed by atoms with Crippen LogP contribution in [0.5, 0.6) is 0 Å². The average molecular weight is 290 g/mol. The van der Waals surface area contributed by atoms with Crippen LogP contribution < -0.4 is 29.6 Å². The molecule has 7 heteroatoms.